The first-order valence-electron chi connectivity index (χ1n) is 11.4. The number of rotatable bonds is 5. The molecule has 0 bridgehead atoms. The summed E-state index contributed by atoms with van der Waals surface area (Å²) >= 11 is 6.48. The molecule has 0 radical (unpaired) electrons. The molecule has 9 heteroatoms. The van der Waals surface area contributed by atoms with Gasteiger partial charge in [-0.2, -0.15) is 0 Å². The summed E-state index contributed by atoms with van der Waals surface area (Å²) in [6.45, 7) is 4.23. The van der Waals surface area contributed by atoms with Gasteiger partial charge in [0.25, 0.3) is 0 Å². The number of fused-ring (bicyclic) bond motifs is 1. The van der Waals surface area contributed by atoms with Crippen LogP contribution in [0.15, 0.2) is 50.6 Å². The molecule has 0 N–H and O–H groups in total. The van der Waals surface area contributed by atoms with Gasteiger partial charge in [0.05, 0.1) is 23.6 Å². The van der Waals surface area contributed by atoms with Gasteiger partial charge >= 0.3 is 0 Å². The maximum Gasteiger partial charge on any atom is 0.151 e. The van der Waals surface area contributed by atoms with Crippen LogP contribution in [0.1, 0.15) is 53.9 Å². The summed E-state index contributed by atoms with van der Waals surface area (Å²) in [6, 6.07) is 5.93. The highest BCUT2D eigenvalue weighted by molar-refractivity contribution is 9.10. The van der Waals surface area contributed by atoms with E-state index >= 15 is 4.39 Å². The van der Waals surface area contributed by atoms with Crippen molar-refractivity contribution in [1.29, 1.82) is 0 Å². The van der Waals surface area contributed by atoms with E-state index < -0.39 is 23.3 Å². The molecule has 1 saturated carbocycles. The Hall–Kier alpha value is -2.10. The van der Waals surface area contributed by atoms with Crippen LogP contribution in [0, 0.1) is 18.6 Å². The van der Waals surface area contributed by atoms with E-state index in [1.807, 2.05) is 30.9 Å². The summed E-state index contributed by atoms with van der Waals surface area (Å²) in [5, 5.41) is 0. The molecule has 0 unspecified atom stereocenters. The monoisotopic (exact) mass is 606 g/mol. The van der Waals surface area contributed by atoms with Crippen molar-refractivity contribution in [2.45, 2.75) is 50.9 Å². The van der Waals surface area contributed by atoms with Crippen LogP contribution in [0.25, 0.3) is 0 Å². The van der Waals surface area contributed by atoms with E-state index in [9.17, 15) is 8.78 Å². The molecule has 3 aromatic rings. The van der Waals surface area contributed by atoms with Gasteiger partial charge in [-0.25, -0.2) is 13.2 Å². The van der Waals surface area contributed by atoms with Crippen LogP contribution in [0.3, 0.4) is 0 Å². The Morgan fingerprint density at radius 3 is 2.46 bits per heavy atom. The molecule has 0 saturated heterocycles. The van der Waals surface area contributed by atoms with Crippen molar-refractivity contribution in [3.05, 3.63) is 85.3 Å². The average molecular weight is 608 g/mol. The molecule has 5 rings (SSSR count). The number of hydrogen-bond donors (Lipinski definition) is 0. The van der Waals surface area contributed by atoms with Crippen LogP contribution in [0.5, 0.6) is 0 Å². The van der Waals surface area contributed by atoms with Crippen molar-refractivity contribution < 1.29 is 13.2 Å². The molecule has 1 fully saturated rings. The van der Waals surface area contributed by atoms with Crippen molar-refractivity contribution in [2.75, 3.05) is 6.54 Å². The third-order valence-electron chi connectivity index (χ3n) is 6.81. The Bertz CT molecular complexity index is 1330. The minimum absolute atomic E-state index is 0.0333. The van der Waals surface area contributed by atoms with Crippen LogP contribution in [-0.2, 0) is 6.42 Å². The van der Waals surface area contributed by atoms with E-state index in [1.165, 1.54) is 24.5 Å². The van der Waals surface area contributed by atoms with Crippen LogP contribution in [0.4, 0.5) is 18.9 Å². The van der Waals surface area contributed by atoms with E-state index in [0.29, 0.717) is 33.9 Å². The van der Waals surface area contributed by atoms with Crippen LogP contribution in [0.2, 0.25) is 0 Å². The first-order chi connectivity index (χ1) is 16.6. The number of hydrogen-bond acceptors (Lipinski definition) is 4. The topological polar surface area (TPSA) is 41.4 Å². The zero-order chi connectivity index (χ0) is 24.9. The van der Waals surface area contributed by atoms with Crippen molar-refractivity contribution >= 4 is 43.8 Å². The minimum atomic E-state index is -1.23. The van der Waals surface area contributed by atoms with Crippen LogP contribution < -0.4 is 0 Å². The number of aliphatic imine (C=N–C) groups is 1. The van der Waals surface area contributed by atoms with Crippen molar-refractivity contribution in [2.24, 2.45) is 4.99 Å². The van der Waals surface area contributed by atoms with Gasteiger partial charge in [0.1, 0.15) is 17.2 Å². The second kappa shape index (κ2) is 9.41. The molecular weight excluding hydrogens is 585 g/mol. The number of nitrogens with zero attached hydrogens (tertiary/aromatic N) is 4. The third-order valence-corrected chi connectivity index (χ3v) is 7.68. The minimum Gasteiger partial charge on any atom is -0.285 e. The maximum atomic E-state index is 15.2. The Labute approximate surface area is 219 Å². The fourth-order valence-electron chi connectivity index (χ4n) is 4.73. The molecule has 1 aromatic carbocycles. The van der Waals surface area contributed by atoms with Crippen molar-refractivity contribution in [3.8, 4) is 0 Å². The fraction of sp³-hybridized carbons (Fsp3) is 0.346. The SMILES string of the molecule is Cc1c(/N=C\c2ncc(Br)cc2F)ccc2c1C[C@@H](C)N(CC1(F)CC1)[C@@H]2c1ncc(Br)cc1F. The molecule has 3 heterocycles. The molecule has 1 aliphatic heterocycles. The predicted octanol–water partition coefficient (Wildman–Crippen LogP) is 7.18. The van der Waals surface area contributed by atoms with Gasteiger partial charge in [0, 0.05) is 33.9 Å². The van der Waals surface area contributed by atoms with E-state index in [2.05, 4.69) is 46.8 Å². The van der Waals surface area contributed by atoms with E-state index in [0.717, 1.165) is 16.7 Å². The second-order valence-electron chi connectivity index (χ2n) is 9.36. The highest BCUT2D eigenvalue weighted by atomic mass is 79.9. The number of alkyl halides is 1. The molecule has 1 aliphatic carbocycles. The maximum absolute atomic E-state index is 15.2. The van der Waals surface area contributed by atoms with Gasteiger partial charge in [-0.15, -0.1) is 0 Å². The second-order valence-corrected chi connectivity index (χ2v) is 11.2. The van der Waals surface area contributed by atoms with E-state index in [-0.39, 0.29) is 24.0 Å². The summed E-state index contributed by atoms with van der Waals surface area (Å²) in [5.74, 6) is -0.908. The predicted molar refractivity (Wildman–Crippen MR) is 137 cm³/mol. The van der Waals surface area contributed by atoms with Crippen LogP contribution >= 0.6 is 31.9 Å². The molecular formula is C26H23Br2F3N4. The lowest BCUT2D eigenvalue weighted by atomic mass is 9.83. The highest BCUT2D eigenvalue weighted by Gasteiger charge is 2.48. The first-order valence-corrected chi connectivity index (χ1v) is 13.0. The Balaban J connectivity index is 1.57. The summed E-state index contributed by atoms with van der Waals surface area (Å²) in [7, 11) is 0. The lowest BCUT2D eigenvalue weighted by molar-refractivity contribution is 0.0945. The summed E-state index contributed by atoms with van der Waals surface area (Å²) < 4.78 is 45.4. The summed E-state index contributed by atoms with van der Waals surface area (Å²) in [5.41, 5.74) is 2.73. The van der Waals surface area contributed by atoms with Gasteiger partial charge in [-0.05, 0) is 99.9 Å². The van der Waals surface area contributed by atoms with Crippen molar-refractivity contribution in [1.82, 2.24) is 14.9 Å². The zero-order valence-corrected chi connectivity index (χ0v) is 22.4. The lowest BCUT2D eigenvalue weighted by Gasteiger charge is -2.43. The lowest BCUT2D eigenvalue weighted by Crippen LogP contribution is -2.46. The summed E-state index contributed by atoms with van der Waals surface area (Å²) in [4.78, 5) is 15.0. The molecule has 0 amide bonds. The largest absolute Gasteiger partial charge is 0.285 e. The van der Waals surface area contributed by atoms with Gasteiger partial charge in [-0.1, -0.05) is 6.07 Å². The Morgan fingerprint density at radius 1 is 1.11 bits per heavy atom. The molecule has 2 aromatic heterocycles. The summed E-state index contributed by atoms with van der Waals surface area (Å²) in [6.07, 6.45) is 6.22. The normalized spacial score (nSPS) is 21.3. The van der Waals surface area contributed by atoms with Gasteiger partial charge in [-0.3, -0.25) is 19.9 Å². The smallest absolute Gasteiger partial charge is 0.151 e. The quantitative estimate of drug-likeness (QED) is 0.289. The molecule has 35 heavy (non-hydrogen) atoms. The highest BCUT2D eigenvalue weighted by Crippen LogP contribution is 2.47. The van der Waals surface area contributed by atoms with Gasteiger partial charge in [0.15, 0.2) is 5.82 Å². The standard InChI is InChI=1S/C26H23Br2F3N4/c1-14-7-19-15(2)22(33-12-23-20(29)8-16(27)10-32-23)4-3-18(19)25(35(14)13-26(31)5-6-26)24-21(30)9-17(28)11-34-24/h3-4,8-12,14,25H,5-7,13H2,1-2H3/b33-12-/t14-,25+/m1/s1. The van der Waals surface area contributed by atoms with Gasteiger partial charge < -0.3 is 0 Å². The van der Waals surface area contributed by atoms with Crippen molar-refractivity contribution in [3.63, 3.8) is 0 Å². The van der Waals surface area contributed by atoms with Crippen LogP contribution in [-0.4, -0.2) is 39.3 Å². The first kappa shape index (κ1) is 24.6. The molecule has 182 valence electrons. The van der Waals surface area contributed by atoms with E-state index in [1.54, 1.807) is 6.20 Å². The molecule has 0 spiro atoms. The Morgan fingerprint density at radius 2 is 1.80 bits per heavy atom. The number of pyridine rings is 2. The zero-order valence-electron chi connectivity index (χ0n) is 19.2. The molecule has 2 aliphatic rings. The number of benzene rings is 1. The third kappa shape index (κ3) is 4.95. The molecule has 4 nitrogen and oxygen atoms in total. The number of halogens is 5. The Kier molecular flexibility index (Phi) is 6.61. The fourth-order valence-corrected chi connectivity index (χ4v) is 5.33. The van der Waals surface area contributed by atoms with E-state index in [4.69, 9.17) is 0 Å². The average Bonchev–Trinajstić information content (AvgIpc) is 3.53. The molecule has 2 atom stereocenters. The number of aromatic nitrogens is 2. The van der Waals surface area contributed by atoms with Gasteiger partial charge in [0.2, 0.25) is 0 Å².